The Hall–Kier alpha value is -3.00. The second-order valence-electron chi connectivity index (χ2n) is 6.70. The number of tetrazole rings is 1. The summed E-state index contributed by atoms with van der Waals surface area (Å²) in [5.74, 6) is 1.75. The van der Waals surface area contributed by atoms with Crippen molar-refractivity contribution in [3.8, 4) is 5.69 Å². The lowest BCUT2D eigenvalue weighted by Gasteiger charge is -2.05. The van der Waals surface area contributed by atoms with Gasteiger partial charge in [0.15, 0.2) is 5.82 Å². The molecule has 0 aliphatic heterocycles. The van der Waals surface area contributed by atoms with Gasteiger partial charge in [0.05, 0.1) is 11.4 Å². The van der Waals surface area contributed by atoms with E-state index in [1.54, 1.807) is 4.68 Å². The number of thioether (sulfide) groups is 1. The van der Waals surface area contributed by atoms with Crippen molar-refractivity contribution >= 4 is 11.8 Å². The molecule has 0 N–H and O–H groups in total. The second kappa shape index (κ2) is 9.47. The molecule has 4 aromatic rings. The van der Waals surface area contributed by atoms with Gasteiger partial charge in [-0.3, -0.25) is 0 Å². The number of benzene rings is 2. The largest absolute Gasteiger partial charge is 0.338 e. The Morgan fingerprint density at radius 1 is 1.00 bits per heavy atom. The highest BCUT2D eigenvalue weighted by molar-refractivity contribution is 7.98. The Bertz CT molecular complexity index is 1030. The van der Waals surface area contributed by atoms with Crippen LogP contribution in [0.1, 0.15) is 42.6 Å². The van der Waals surface area contributed by atoms with Crippen molar-refractivity contribution in [1.29, 1.82) is 0 Å². The summed E-state index contributed by atoms with van der Waals surface area (Å²) in [4.78, 5) is 4.47. The SMILES string of the molecule is CCCCc1ccc(-n2nnnc2SCc2nc(Cc3ccccc3)no2)cc1. The lowest BCUT2D eigenvalue weighted by atomic mass is 10.1. The first-order valence-corrected chi connectivity index (χ1v) is 10.7. The third-order valence-corrected chi connectivity index (χ3v) is 5.38. The van der Waals surface area contributed by atoms with Crippen molar-refractivity contribution in [2.45, 2.75) is 43.5 Å². The summed E-state index contributed by atoms with van der Waals surface area (Å²) >= 11 is 1.47. The maximum absolute atomic E-state index is 5.37. The van der Waals surface area contributed by atoms with Crippen LogP contribution >= 0.6 is 11.8 Å². The lowest BCUT2D eigenvalue weighted by Crippen LogP contribution is -1.99. The Balaban J connectivity index is 1.38. The molecule has 4 rings (SSSR count). The second-order valence-corrected chi connectivity index (χ2v) is 7.64. The lowest BCUT2D eigenvalue weighted by molar-refractivity contribution is 0.385. The molecule has 2 aromatic heterocycles. The van der Waals surface area contributed by atoms with Crippen molar-refractivity contribution < 1.29 is 4.52 Å². The van der Waals surface area contributed by atoms with Crippen LogP contribution in [0.5, 0.6) is 0 Å². The summed E-state index contributed by atoms with van der Waals surface area (Å²) in [6.45, 7) is 2.20. The van der Waals surface area contributed by atoms with Crippen molar-refractivity contribution in [3.05, 3.63) is 77.4 Å². The van der Waals surface area contributed by atoms with Gasteiger partial charge >= 0.3 is 0 Å². The van der Waals surface area contributed by atoms with Crippen molar-refractivity contribution in [2.24, 2.45) is 0 Å². The maximum Gasteiger partial charge on any atom is 0.237 e. The Kier molecular flexibility index (Phi) is 6.31. The molecule has 7 nitrogen and oxygen atoms in total. The fourth-order valence-electron chi connectivity index (χ4n) is 2.94. The maximum atomic E-state index is 5.37. The molecule has 0 saturated carbocycles. The van der Waals surface area contributed by atoms with Gasteiger partial charge in [-0.15, -0.1) is 5.10 Å². The molecular weight excluding hydrogens is 384 g/mol. The quantitative estimate of drug-likeness (QED) is 0.384. The molecule has 148 valence electrons. The first-order chi connectivity index (χ1) is 14.3. The van der Waals surface area contributed by atoms with Gasteiger partial charge in [-0.2, -0.15) is 9.67 Å². The molecule has 0 radical (unpaired) electrons. The van der Waals surface area contributed by atoms with Crippen LogP contribution in [0.15, 0.2) is 64.3 Å². The number of aryl methyl sites for hydroxylation is 1. The van der Waals surface area contributed by atoms with Crippen LogP contribution in [0.3, 0.4) is 0 Å². The van der Waals surface area contributed by atoms with E-state index in [9.17, 15) is 0 Å². The molecule has 2 aromatic carbocycles. The number of hydrogen-bond acceptors (Lipinski definition) is 7. The van der Waals surface area contributed by atoms with Crippen molar-refractivity contribution in [2.75, 3.05) is 0 Å². The van der Waals surface area contributed by atoms with E-state index in [2.05, 4.69) is 56.9 Å². The first-order valence-electron chi connectivity index (χ1n) is 9.67. The van der Waals surface area contributed by atoms with Gasteiger partial charge in [0.1, 0.15) is 0 Å². The predicted octanol–water partition coefficient (Wildman–Crippen LogP) is 4.27. The molecule has 0 saturated heterocycles. The highest BCUT2D eigenvalue weighted by Crippen LogP contribution is 2.22. The van der Waals surface area contributed by atoms with E-state index < -0.39 is 0 Å². The molecule has 0 aliphatic rings. The monoisotopic (exact) mass is 406 g/mol. The van der Waals surface area contributed by atoms with E-state index >= 15 is 0 Å². The van der Waals surface area contributed by atoms with E-state index in [1.165, 1.54) is 30.2 Å². The van der Waals surface area contributed by atoms with Gasteiger partial charge in [-0.1, -0.05) is 72.7 Å². The summed E-state index contributed by atoms with van der Waals surface area (Å²) in [6.07, 6.45) is 4.13. The molecule has 29 heavy (non-hydrogen) atoms. The van der Waals surface area contributed by atoms with Crippen LogP contribution in [0.2, 0.25) is 0 Å². The van der Waals surface area contributed by atoms with E-state index in [-0.39, 0.29) is 0 Å². The molecule has 0 fully saturated rings. The number of hydrogen-bond donors (Lipinski definition) is 0. The molecule has 0 unspecified atom stereocenters. The van der Waals surface area contributed by atoms with Gasteiger partial charge in [0.25, 0.3) is 0 Å². The summed E-state index contributed by atoms with van der Waals surface area (Å²) in [6, 6.07) is 18.5. The number of nitrogens with zero attached hydrogens (tertiary/aromatic N) is 6. The Morgan fingerprint density at radius 3 is 2.62 bits per heavy atom. The summed E-state index contributed by atoms with van der Waals surface area (Å²) in [5.41, 5.74) is 3.42. The third kappa shape index (κ3) is 5.08. The van der Waals surface area contributed by atoms with Crippen LogP contribution in [-0.4, -0.2) is 30.3 Å². The highest BCUT2D eigenvalue weighted by Gasteiger charge is 2.13. The van der Waals surface area contributed by atoms with Crippen molar-refractivity contribution in [3.63, 3.8) is 0 Å². The Morgan fingerprint density at radius 2 is 1.83 bits per heavy atom. The minimum Gasteiger partial charge on any atom is -0.338 e. The number of unbranched alkanes of at least 4 members (excludes halogenated alkanes) is 1. The zero-order chi connectivity index (χ0) is 19.9. The van der Waals surface area contributed by atoms with Gasteiger partial charge in [0, 0.05) is 6.42 Å². The molecule has 0 spiro atoms. The number of rotatable bonds is 9. The summed E-state index contributed by atoms with van der Waals surface area (Å²) in [7, 11) is 0. The fraction of sp³-hybridized carbons (Fsp3) is 0.286. The van der Waals surface area contributed by atoms with Gasteiger partial charge in [0.2, 0.25) is 11.0 Å². The normalized spacial score (nSPS) is 11.1. The predicted molar refractivity (Wildman–Crippen MR) is 111 cm³/mol. The standard InChI is InChI=1S/C21H22N6OS/c1-2-3-7-16-10-12-18(13-11-16)27-21(23-25-26-27)29-15-20-22-19(24-28-20)14-17-8-5-4-6-9-17/h4-6,8-13H,2-3,7,14-15H2,1H3. The van der Waals surface area contributed by atoms with Gasteiger partial charge < -0.3 is 4.52 Å². The fourth-order valence-corrected chi connectivity index (χ4v) is 3.67. The van der Waals surface area contributed by atoms with E-state index in [1.807, 2.05) is 30.3 Å². The van der Waals surface area contributed by atoms with E-state index in [4.69, 9.17) is 4.52 Å². The molecule has 0 atom stereocenters. The minimum atomic E-state index is 0.511. The zero-order valence-corrected chi connectivity index (χ0v) is 17.0. The van der Waals surface area contributed by atoms with Crippen molar-refractivity contribution in [1.82, 2.24) is 30.3 Å². The third-order valence-electron chi connectivity index (χ3n) is 4.48. The average Bonchev–Trinajstić information content (AvgIpc) is 3.41. The summed E-state index contributed by atoms with van der Waals surface area (Å²) in [5, 5.41) is 16.8. The minimum absolute atomic E-state index is 0.511. The average molecular weight is 407 g/mol. The topological polar surface area (TPSA) is 82.5 Å². The molecule has 0 bridgehead atoms. The van der Waals surface area contributed by atoms with Crippen LogP contribution in [-0.2, 0) is 18.6 Å². The van der Waals surface area contributed by atoms with E-state index in [0.29, 0.717) is 29.0 Å². The van der Waals surface area contributed by atoms with Crippen LogP contribution in [0.4, 0.5) is 0 Å². The van der Waals surface area contributed by atoms with Gasteiger partial charge in [-0.05, 0) is 46.5 Å². The molecule has 8 heteroatoms. The first kappa shape index (κ1) is 19.3. The van der Waals surface area contributed by atoms with E-state index in [0.717, 1.165) is 17.7 Å². The Labute approximate surface area is 173 Å². The van der Waals surface area contributed by atoms with Crippen LogP contribution in [0, 0.1) is 0 Å². The molecular formula is C21H22N6OS. The van der Waals surface area contributed by atoms with Crippen LogP contribution in [0.25, 0.3) is 5.69 Å². The summed E-state index contributed by atoms with van der Waals surface area (Å²) < 4.78 is 7.11. The zero-order valence-electron chi connectivity index (χ0n) is 16.2. The highest BCUT2D eigenvalue weighted by atomic mass is 32.2. The number of aromatic nitrogens is 6. The smallest absolute Gasteiger partial charge is 0.237 e. The van der Waals surface area contributed by atoms with Crippen LogP contribution < -0.4 is 0 Å². The molecule has 2 heterocycles. The van der Waals surface area contributed by atoms with Gasteiger partial charge in [-0.25, -0.2) is 0 Å². The molecule has 0 aliphatic carbocycles. The molecule has 0 amide bonds.